The van der Waals surface area contributed by atoms with Gasteiger partial charge in [-0.2, -0.15) is 0 Å². The van der Waals surface area contributed by atoms with Crippen molar-refractivity contribution in [1.82, 2.24) is 0 Å². The third-order valence-corrected chi connectivity index (χ3v) is 3.13. The number of hydrogen-bond donors (Lipinski definition) is 0. The maximum absolute atomic E-state index is 11.2. The van der Waals surface area contributed by atoms with E-state index in [1.807, 2.05) is 6.92 Å². The fourth-order valence-corrected chi connectivity index (χ4v) is 1.91. The Kier molecular flexibility index (Phi) is 14.1. The summed E-state index contributed by atoms with van der Waals surface area (Å²) >= 11 is 0. The van der Waals surface area contributed by atoms with Crippen molar-refractivity contribution in [3.8, 4) is 0 Å². The third kappa shape index (κ3) is 5.91. The molecule has 0 bridgehead atoms. The summed E-state index contributed by atoms with van der Waals surface area (Å²) in [6.07, 6.45) is 2.32. The number of carboxylic acids is 2. The molecule has 0 saturated carbocycles. The van der Waals surface area contributed by atoms with E-state index in [0.29, 0.717) is 6.42 Å². The molecule has 0 unspecified atom stereocenters. The van der Waals surface area contributed by atoms with Gasteiger partial charge in [0.1, 0.15) is 0 Å². The van der Waals surface area contributed by atoms with Crippen LogP contribution >= 0.6 is 0 Å². The number of hydrogen-bond acceptors (Lipinski definition) is 4. The van der Waals surface area contributed by atoms with E-state index >= 15 is 0 Å². The Morgan fingerprint density at radius 1 is 1.00 bits per heavy atom. The summed E-state index contributed by atoms with van der Waals surface area (Å²) in [4.78, 5) is 22.3. The van der Waals surface area contributed by atoms with Crippen molar-refractivity contribution in [2.45, 2.75) is 53.4 Å². The van der Waals surface area contributed by atoms with Crippen molar-refractivity contribution in [1.29, 1.82) is 0 Å². The Balaban J connectivity index is -0.00000112. The summed E-state index contributed by atoms with van der Waals surface area (Å²) in [5.74, 6) is -3.09. The number of rotatable bonds is 6. The molecule has 0 atom stereocenters. The van der Waals surface area contributed by atoms with E-state index in [4.69, 9.17) is 0 Å². The zero-order valence-corrected chi connectivity index (χ0v) is 17.6. The van der Waals surface area contributed by atoms with Crippen molar-refractivity contribution >= 4 is 11.9 Å². The average molecular weight is 290 g/mol. The van der Waals surface area contributed by atoms with Crippen molar-refractivity contribution in [2.24, 2.45) is 10.8 Å². The Morgan fingerprint density at radius 2 is 1.39 bits per heavy atom. The Hall–Kier alpha value is 1.58. The van der Waals surface area contributed by atoms with Gasteiger partial charge < -0.3 is 19.8 Å². The molecule has 0 aromatic heterocycles. The molecule has 0 heterocycles. The third-order valence-electron chi connectivity index (χ3n) is 3.13. The van der Waals surface area contributed by atoms with Gasteiger partial charge in [0.25, 0.3) is 0 Å². The van der Waals surface area contributed by atoms with E-state index in [0.717, 1.165) is 12.8 Å². The number of carbonyl (C=O) groups is 2. The molecule has 94 valence electrons. The average Bonchev–Trinajstić information content (AvgIpc) is 2.08. The first kappa shape index (κ1) is 24.6. The molecule has 4 nitrogen and oxygen atoms in total. The van der Waals surface area contributed by atoms with E-state index in [-0.39, 0.29) is 87.4 Å². The van der Waals surface area contributed by atoms with Crippen LogP contribution in [-0.2, 0) is 9.59 Å². The molecule has 0 saturated heterocycles. The van der Waals surface area contributed by atoms with Crippen molar-refractivity contribution in [3.63, 3.8) is 0 Å². The predicted octanol–water partition coefficient (Wildman–Crippen LogP) is -5.89. The van der Waals surface area contributed by atoms with Crippen LogP contribution in [0.15, 0.2) is 0 Å². The summed E-state index contributed by atoms with van der Waals surface area (Å²) in [6.45, 7) is 6.73. The molecular weight excluding hydrogens is 270 g/mol. The Bertz CT molecular complexity index is 260. The molecule has 0 rings (SSSR count). The predicted molar refractivity (Wildman–Crippen MR) is 56.0 cm³/mol. The SMILES string of the molecule is CCCCCC(C(=O)[O-])(C(=O)[O-])C(C)(C)C.[K+].[Na+]. The standard InChI is InChI=1S/C12H22O4.K.Na/c1-5-6-7-8-12(9(13)14,10(15)16)11(2,3)4;;/h5-8H2,1-4H3,(H,13,14)(H,15,16);;/q;2*+1/p-2. The van der Waals surface area contributed by atoms with Gasteiger partial charge in [0, 0.05) is 0 Å². The summed E-state index contributed by atoms with van der Waals surface area (Å²) in [6, 6.07) is 0. The molecule has 0 aliphatic rings. The molecule has 0 spiro atoms. The van der Waals surface area contributed by atoms with Gasteiger partial charge in [0.15, 0.2) is 0 Å². The van der Waals surface area contributed by atoms with Gasteiger partial charge >= 0.3 is 80.9 Å². The topological polar surface area (TPSA) is 80.3 Å². The molecule has 0 aliphatic carbocycles. The zero-order valence-electron chi connectivity index (χ0n) is 12.5. The zero-order chi connectivity index (χ0) is 13.0. The largest absolute Gasteiger partial charge is 1.00 e. The van der Waals surface area contributed by atoms with Crippen LogP contribution in [0.1, 0.15) is 53.4 Å². The van der Waals surface area contributed by atoms with Gasteiger partial charge in [0.2, 0.25) is 0 Å². The second-order valence-corrected chi connectivity index (χ2v) is 5.19. The molecule has 0 N–H and O–H groups in total. The van der Waals surface area contributed by atoms with Crippen LogP contribution in [0.2, 0.25) is 0 Å². The summed E-state index contributed by atoms with van der Waals surface area (Å²) in [5.41, 5.74) is -2.82. The quantitative estimate of drug-likeness (QED) is 0.277. The maximum atomic E-state index is 11.2. The van der Waals surface area contributed by atoms with E-state index in [1.54, 1.807) is 20.8 Å². The first-order valence-corrected chi connectivity index (χ1v) is 5.63. The van der Waals surface area contributed by atoms with Crippen LogP contribution in [0.4, 0.5) is 0 Å². The van der Waals surface area contributed by atoms with E-state index < -0.39 is 22.8 Å². The van der Waals surface area contributed by atoms with Crippen molar-refractivity contribution in [3.05, 3.63) is 0 Å². The molecule has 0 fully saturated rings. The smallest absolute Gasteiger partial charge is 0.549 e. The summed E-state index contributed by atoms with van der Waals surface area (Å²) in [7, 11) is 0. The molecule has 0 amide bonds. The fraction of sp³-hybridized carbons (Fsp3) is 0.833. The number of carboxylic acid groups (broad SMARTS) is 2. The van der Waals surface area contributed by atoms with Gasteiger partial charge in [-0.1, -0.05) is 47.0 Å². The van der Waals surface area contributed by atoms with Crippen molar-refractivity contribution < 1.29 is 101 Å². The van der Waals surface area contributed by atoms with E-state index in [1.165, 1.54) is 0 Å². The van der Waals surface area contributed by atoms with E-state index in [9.17, 15) is 19.8 Å². The van der Waals surface area contributed by atoms with Gasteiger partial charge in [-0.05, 0) is 11.8 Å². The molecule has 0 aromatic rings. The maximum Gasteiger partial charge on any atom is 1.00 e. The molecule has 18 heavy (non-hydrogen) atoms. The van der Waals surface area contributed by atoms with Gasteiger partial charge in [0.05, 0.1) is 17.4 Å². The molecule has 0 radical (unpaired) electrons. The normalized spacial score (nSPS) is 11.1. The van der Waals surface area contributed by atoms with Crippen LogP contribution in [0.25, 0.3) is 0 Å². The first-order valence-electron chi connectivity index (χ1n) is 5.63. The van der Waals surface area contributed by atoms with Crippen LogP contribution in [0, 0.1) is 10.8 Å². The van der Waals surface area contributed by atoms with E-state index in [2.05, 4.69) is 0 Å². The molecular formula is C12H20KNaO4. The number of unbranched alkanes of at least 4 members (excludes halogenated alkanes) is 2. The van der Waals surface area contributed by atoms with Gasteiger partial charge in [-0.3, -0.25) is 0 Å². The minimum Gasteiger partial charge on any atom is -0.549 e. The fourth-order valence-electron chi connectivity index (χ4n) is 1.91. The van der Waals surface area contributed by atoms with Crippen LogP contribution in [0.5, 0.6) is 0 Å². The molecule has 6 heteroatoms. The van der Waals surface area contributed by atoms with Gasteiger partial charge in [-0.25, -0.2) is 0 Å². The van der Waals surface area contributed by atoms with Gasteiger partial charge in [-0.15, -0.1) is 0 Å². The van der Waals surface area contributed by atoms with Crippen LogP contribution in [-0.4, -0.2) is 11.9 Å². The second-order valence-electron chi connectivity index (χ2n) is 5.19. The minimum absolute atomic E-state index is 0. The molecule has 0 aliphatic heterocycles. The first-order chi connectivity index (χ1) is 7.20. The summed E-state index contributed by atoms with van der Waals surface area (Å²) in [5, 5.41) is 22.3. The Morgan fingerprint density at radius 3 is 1.61 bits per heavy atom. The summed E-state index contributed by atoms with van der Waals surface area (Å²) < 4.78 is 0. The number of aliphatic carboxylic acids is 2. The van der Waals surface area contributed by atoms with Crippen LogP contribution in [0.3, 0.4) is 0 Å². The van der Waals surface area contributed by atoms with Crippen LogP contribution < -0.4 is 91.2 Å². The number of carbonyl (C=O) groups excluding carboxylic acids is 2. The minimum atomic E-state index is -1.90. The second kappa shape index (κ2) is 10.3. The molecule has 0 aromatic carbocycles. The van der Waals surface area contributed by atoms with Crippen molar-refractivity contribution in [2.75, 3.05) is 0 Å². The Labute approximate surface area is 174 Å². The monoisotopic (exact) mass is 290 g/mol.